The van der Waals surface area contributed by atoms with Crippen LogP contribution >= 0.6 is 0 Å². The Hall–Kier alpha value is -1.30. The van der Waals surface area contributed by atoms with Crippen molar-refractivity contribution in [3.05, 3.63) is 23.9 Å². The van der Waals surface area contributed by atoms with Crippen molar-refractivity contribution in [1.29, 1.82) is 0 Å². The summed E-state index contributed by atoms with van der Waals surface area (Å²) in [6.45, 7) is 1.15. The smallest absolute Gasteiger partial charge is 0.373 e. The Morgan fingerprint density at radius 3 is 2.21 bits per heavy atom. The van der Waals surface area contributed by atoms with Crippen molar-refractivity contribution in [3.8, 4) is 0 Å². The maximum Gasteiger partial charge on any atom is 0.417 e. The maximum absolute atomic E-state index is 12.5. The van der Waals surface area contributed by atoms with E-state index in [1.54, 1.807) is 0 Å². The summed E-state index contributed by atoms with van der Waals surface area (Å²) in [6, 6.07) is 2.42. The number of anilines is 1. The Morgan fingerprint density at radius 1 is 1.08 bits per heavy atom. The standard InChI is InChI=1S/C18H23F3N2O/c19-18(20,21)15-1-2-16(23-11-15)22-3-4-24-17-8-12-5-13(9-17)7-14(6-12)10-17/h1-2,11-14H,3-10H2,(H,22,23). The van der Waals surface area contributed by atoms with Gasteiger partial charge in [-0.3, -0.25) is 0 Å². The van der Waals surface area contributed by atoms with Crippen molar-refractivity contribution in [3.63, 3.8) is 0 Å². The first-order valence-electron chi connectivity index (χ1n) is 8.83. The summed E-state index contributed by atoms with van der Waals surface area (Å²) in [6.07, 6.45) is 4.25. The molecule has 0 amide bonds. The van der Waals surface area contributed by atoms with Gasteiger partial charge in [-0.25, -0.2) is 4.98 Å². The van der Waals surface area contributed by atoms with Crippen LogP contribution < -0.4 is 5.32 Å². The molecule has 24 heavy (non-hydrogen) atoms. The molecule has 0 unspecified atom stereocenters. The molecule has 6 heteroatoms. The zero-order valence-corrected chi connectivity index (χ0v) is 13.6. The minimum Gasteiger partial charge on any atom is -0.373 e. The van der Waals surface area contributed by atoms with Gasteiger partial charge in [0.15, 0.2) is 0 Å². The van der Waals surface area contributed by atoms with Gasteiger partial charge in [0.05, 0.1) is 17.8 Å². The van der Waals surface area contributed by atoms with Gasteiger partial charge >= 0.3 is 6.18 Å². The van der Waals surface area contributed by atoms with E-state index < -0.39 is 11.7 Å². The molecule has 1 heterocycles. The molecule has 4 aliphatic rings. The molecule has 132 valence electrons. The normalized spacial score (nSPS) is 34.5. The zero-order chi connectivity index (χ0) is 16.8. The molecule has 0 spiro atoms. The quantitative estimate of drug-likeness (QED) is 0.802. The zero-order valence-electron chi connectivity index (χ0n) is 13.6. The molecule has 4 saturated carbocycles. The number of alkyl halides is 3. The SMILES string of the molecule is FC(F)(F)c1ccc(NCCOC23CC4CC(CC(C4)C2)C3)nc1. The number of nitrogens with one attached hydrogen (secondary N) is 1. The van der Waals surface area contributed by atoms with Gasteiger partial charge in [-0.05, 0) is 68.4 Å². The number of pyridine rings is 1. The predicted molar refractivity (Wildman–Crippen MR) is 84.6 cm³/mol. The van der Waals surface area contributed by atoms with Crippen molar-refractivity contribution in [2.45, 2.75) is 50.3 Å². The van der Waals surface area contributed by atoms with Crippen LogP contribution in [-0.4, -0.2) is 23.7 Å². The van der Waals surface area contributed by atoms with Gasteiger partial charge in [0.1, 0.15) is 5.82 Å². The predicted octanol–water partition coefficient (Wildman–Crippen LogP) is 4.50. The van der Waals surface area contributed by atoms with Crippen LogP contribution in [0.25, 0.3) is 0 Å². The number of hydrogen-bond acceptors (Lipinski definition) is 3. The van der Waals surface area contributed by atoms with E-state index in [2.05, 4.69) is 10.3 Å². The summed E-state index contributed by atoms with van der Waals surface area (Å²) in [5.41, 5.74) is -0.651. The average molecular weight is 340 g/mol. The highest BCUT2D eigenvalue weighted by Crippen LogP contribution is 2.57. The lowest BCUT2D eigenvalue weighted by molar-refractivity contribution is -0.159. The topological polar surface area (TPSA) is 34.1 Å². The molecule has 4 bridgehead atoms. The van der Waals surface area contributed by atoms with E-state index in [9.17, 15) is 13.2 Å². The van der Waals surface area contributed by atoms with Crippen LogP contribution in [0.2, 0.25) is 0 Å². The van der Waals surface area contributed by atoms with E-state index in [0.29, 0.717) is 19.0 Å². The highest BCUT2D eigenvalue weighted by molar-refractivity contribution is 5.36. The van der Waals surface area contributed by atoms with Crippen LogP contribution in [0.4, 0.5) is 19.0 Å². The van der Waals surface area contributed by atoms with E-state index >= 15 is 0 Å². The van der Waals surface area contributed by atoms with Gasteiger partial charge < -0.3 is 10.1 Å². The Kier molecular flexibility index (Phi) is 3.98. The fourth-order valence-corrected chi connectivity index (χ4v) is 5.32. The molecular formula is C18H23F3N2O. The molecule has 4 aliphatic carbocycles. The van der Waals surface area contributed by atoms with Crippen LogP contribution in [0.15, 0.2) is 18.3 Å². The van der Waals surface area contributed by atoms with Crippen molar-refractivity contribution in [2.75, 3.05) is 18.5 Å². The third-order valence-electron chi connectivity index (χ3n) is 5.89. The molecule has 1 aromatic rings. The fraction of sp³-hybridized carbons (Fsp3) is 0.722. The lowest BCUT2D eigenvalue weighted by Crippen LogP contribution is -2.52. The van der Waals surface area contributed by atoms with Crippen LogP contribution in [0.1, 0.15) is 44.1 Å². The summed E-state index contributed by atoms with van der Waals surface area (Å²) < 4.78 is 43.8. The maximum atomic E-state index is 12.5. The molecule has 5 rings (SSSR count). The number of nitrogens with zero attached hydrogens (tertiary/aromatic N) is 1. The lowest BCUT2D eigenvalue weighted by atomic mass is 9.54. The molecule has 0 atom stereocenters. The van der Waals surface area contributed by atoms with Gasteiger partial charge in [-0.15, -0.1) is 0 Å². The fourth-order valence-electron chi connectivity index (χ4n) is 5.32. The van der Waals surface area contributed by atoms with E-state index in [0.717, 1.165) is 30.0 Å². The first-order chi connectivity index (χ1) is 11.4. The van der Waals surface area contributed by atoms with Gasteiger partial charge in [-0.2, -0.15) is 13.2 Å². The van der Waals surface area contributed by atoms with E-state index in [-0.39, 0.29) is 5.60 Å². The minimum atomic E-state index is -4.34. The second-order valence-corrected chi connectivity index (χ2v) is 7.81. The van der Waals surface area contributed by atoms with Crippen LogP contribution in [0, 0.1) is 17.8 Å². The third kappa shape index (κ3) is 3.25. The number of halogens is 3. The van der Waals surface area contributed by atoms with Crippen molar-refractivity contribution in [2.24, 2.45) is 17.8 Å². The minimum absolute atomic E-state index is 0.0734. The Bertz CT molecular complexity index is 550. The van der Waals surface area contributed by atoms with E-state index in [4.69, 9.17) is 4.74 Å². The number of rotatable bonds is 5. The van der Waals surface area contributed by atoms with E-state index in [1.807, 2.05) is 0 Å². The molecule has 0 aliphatic heterocycles. The number of ether oxygens (including phenoxy) is 1. The number of hydrogen-bond donors (Lipinski definition) is 1. The van der Waals surface area contributed by atoms with Crippen LogP contribution in [0.3, 0.4) is 0 Å². The molecule has 0 saturated heterocycles. The Morgan fingerprint density at radius 2 is 1.71 bits per heavy atom. The average Bonchev–Trinajstić information content (AvgIpc) is 2.50. The van der Waals surface area contributed by atoms with Gasteiger partial charge in [0.25, 0.3) is 0 Å². The van der Waals surface area contributed by atoms with Crippen LogP contribution in [-0.2, 0) is 10.9 Å². The summed E-state index contributed by atoms with van der Waals surface area (Å²) in [5, 5.41) is 3.05. The Balaban J connectivity index is 1.26. The third-order valence-corrected chi connectivity index (χ3v) is 5.89. The first-order valence-corrected chi connectivity index (χ1v) is 8.83. The summed E-state index contributed by atoms with van der Waals surface area (Å²) in [7, 11) is 0. The summed E-state index contributed by atoms with van der Waals surface area (Å²) in [4.78, 5) is 3.82. The number of aromatic nitrogens is 1. The van der Waals surface area contributed by atoms with E-state index in [1.165, 1.54) is 44.6 Å². The molecule has 1 aromatic heterocycles. The highest BCUT2D eigenvalue weighted by Gasteiger charge is 2.51. The molecule has 0 aromatic carbocycles. The van der Waals surface area contributed by atoms with Gasteiger partial charge in [0, 0.05) is 12.7 Å². The Labute approximate surface area is 140 Å². The van der Waals surface area contributed by atoms with Crippen molar-refractivity contribution >= 4 is 5.82 Å². The molecule has 4 fully saturated rings. The second kappa shape index (κ2) is 5.90. The lowest BCUT2D eigenvalue weighted by Gasteiger charge is -2.56. The largest absolute Gasteiger partial charge is 0.417 e. The highest BCUT2D eigenvalue weighted by atomic mass is 19.4. The van der Waals surface area contributed by atoms with Crippen molar-refractivity contribution < 1.29 is 17.9 Å². The monoisotopic (exact) mass is 340 g/mol. The van der Waals surface area contributed by atoms with Gasteiger partial charge in [-0.1, -0.05) is 0 Å². The summed E-state index contributed by atoms with van der Waals surface area (Å²) >= 11 is 0. The van der Waals surface area contributed by atoms with Crippen molar-refractivity contribution in [1.82, 2.24) is 4.98 Å². The molecule has 0 radical (unpaired) electrons. The summed E-state index contributed by atoms with van der Waals surface area (Å²) in [5.74, 6) is 3.00. The first kappa shape index (κ1) is 16.2. The molecular weight excluding hydrogens is 317 g/mol. The molecule has 1 N–H and O–H groups in total. The van der Waals surface area contributed by atoms with Gasteiger partial charge in [0.2, 0.25) is 0 Å². The molecule has 3 nitrogen and oxygen atoms in total. The second-order valence-electron chi connectivity index (χ2n) is 7.81. The van der Waals surface area contributed by atoms with Crippen LogP contribution in [0.5, 0.6) is 0 Å².